The van der Waals surface area contributed by atoms with E-state index < -0.39 is 0 Å². The summed E-state index contributed by atoms with van der Waals surface area (Å²) in [5.41, 5.74) is 2.46. The molecule has 0 fully saturated rings. The summed E-state index contributed by atoms with van der Waals surface area (Å²) < 4.78 is 0. The lowest BCUT2D eigenvalue weighted by molar-refractivity contribution is 0.106. The molecule has 2 heterocycles. The molecular formula is C12H11N3O2. The summed E-state index contributed by atoms with van der Waals surface area (Å²) in [5, 5.41) is 15.1. The first-order valence-corrected chi connectivity index (χ1v) is 5.34. The quantitative estimate of drug-likeness (QED) is 0.526. The molecule has 1 aromatic rings. The minimum atomic E-state index is -0.219. The molecule has 0 saturated heterocycles. The number of anilines is 2. The van der Waals surface area contributed by atoms with Crippen molar-refractivity contribution in [1.82, 2.24) is 0 Å². The van der Waals surface area contributed by atoms with Crippen LogP contribution >= 0.6 is 0 Å². The first-order chi connectivity index (χ1) is 8.22. The zero-order valence-electron chi connectivity index (χ0n) is 9.10. The number of benzene rings is 1. The fourth-order valence-corrected chi connectivity index (χ4v) is 2.31. The molecule has 0 bridgehead atoms. The standard InChI is InChI=1S/C12H11N3O2/c1-7-13-9-4-2-3-8-11(9)15(7)6-5-10(14-17)12(8)16/h2-4,13,17H,1,5-6H2/b14-10+. The second kappa shape index (κ2) is 3.35. The van der Waals surface area contributed by atoms with Crippen LogP contribution in [-0.2, 0) is 0 Å². The van der Waals surface area contributed by atoms with Gasteiger partial charge in [0.05, 0.1) is 11.4 Å². The maximum Gasteiger partial charge on any atom is 0.212 e. The van der Waals surface area contributed by atoms with Crippen molar-refractivity contribution >= 4 is 22.9 Å². The van der Waals surface area contributed by atoms with Gasteiger partial charge in [0.1, 0.15) is 11.5 Å². The predicted octanol–water partition coefficient (Wildman–Crippen LogP) is 1.81. The summed E-state index contributed by atoms with van der Waals surface area (Å²) in [7, 11) is 0. The first-order valence-electron chi connectivity index (χ1n) is 5.34. The SMILES string of the molecule is C=C1Nc2cccc3c2N1CC/C(=N\O)C3=O. The van der Waals surface area contributed by atoms with Crippen LogP contribution in [0.1, 0.15) is 16.8 Å². The normalized spacial score (nSPS) is 20.2. The average molecular weight is 229 g/mol. The van der Waals surface area contributed by atoms with Gasteiger partial charge in [0.15, 0.2) is 0 Å². The Labute approximate surface area is 98.0 Å². The predicted molar refractivity (Wildman–Crippen MR) is 64.7 cm³/mol. The van der Waals surface area contributed by atoms with Gasteiger partial charge in [-0.25, -0.2) is 0 Å². The van der Waals surface area contributed by atoms with E-state index in [2.05, 4.69) is 17.1 Å². The maximum absolute atomic E-state index is 12.1. The molecule has 1 aromatic carbocycles. The van der Waals surface area contributed by atoms with Crippen LogP contribution in [0.5, 0.6) is 0 Å². The number of Topliss-reactive ketones (excluding diaryl/α,β-unsaturated/α-hetero) is 1. The summed E-state index contributed by atoms with van der Waals surface area (Å²) in [6.07, 6.45) is 0.407. The van der Waals surface area contributed by atoms with E-state index in [0.29, 0.717) is 18.5 Å². The Morgan fingerprint density at radius 2 is 2.29 bits per heavy atom. The molecule has 0 amide bonds. The molecule has 0 spiro atoms. The average Bonchev–Trinajstić information content (AvgIpc) is 2.56. The topological polar surface area (TPSA) is 64.9 Å². The van der Waals surface area contributed by atoms with Crippen LogP contribution in [-0.4, -0.2) is 23.2 Å². The van der Waals surface area contributed by atoms with Gasteiger partial charge in [0, 0.05) is 18.5 Å². The molecule has 5 heteroatoms. The van der Waals surface area contributed by atoms with Crippen LogP contribution < -0.4 is 10.2 Å². The van der Waals surface area contributed by atoms with Gasteiger partial charge in [-0.1, -0.05) is 17.8 Å². The van der Waals surface area contributed by atoms with E-state index in [1.165, 1.54) is 0 Å². The van der Waals surface area contributed by atoms with E-state index in [4.69, 9.17) is 5.21 Å². The third-order valence-corrected chi connectivity index (χ3v) is 3.11. The number of hydrogen-bond acceptors (Lipinski definition) is 5. The lowest BCUT2D eigenvalue weighted by Gasteiger charge is -2.17. The summed E-state index contributed by atoms with van der Waals surface area (Å²) >= 11 is 0. The number of nitrogens with zero attached hydrogens (tertiary/aromatic N) is 2. The Bertz CT molecular complexity index is 563. The monoisotopic (exact) mass is 229 g/mol. The van der Waals surface area contributed by atoms with Crippen molar-refractivity contribution in [3.05, 3.63) is 36.2 Å². The van der Waals surface area contributed by atoms with Crippen molar-refractivity contribution in [3.63, 3.8) is 0 Å². The lowest BCUT2D eigenvalue weighted by Crippen LogP contribution is -2.22. The molecule has 0 saturated carbocycles. The first kappa shape index (κ1) is 9.89. The Morgan fingerprint density at radius 1 is 1.47 bits per heavy atom. The number of nitrogens with one attached hydrogen (secondary N) is 1. The number of carbonyl (C=O) groups is 1. The van der Waals surface area contributed by atoms with Crippen LogP contribution in [0.25, 0.3) is 0 Å². The summed E-state index contributed by atoms with van der Waals surface area (Å²) in [6.45, 7) is 4.50. The molecule has 2 aliphatic heterocycles. The Morgan fingerprint density at radius 3 is 3.06 bits per heavy atom. The highest BCUT2D eigenvalue weighted by Gasteiger charge is 2.32. The highest BCUT2D eigenvalue weighted by atomic mass is 16.4. The van der Waals surface area contributed by atoms with Crippen LogP contribution in [0.3, 0.4) is 0 Å². The number of rotatable bonds is 0. The third-order valence-electron chi connectivity index (χ3n) is 3.11. The van der Waals surface area contributed by atoms with E-state index in [-0.39, 0.29) is 11.5 Å². The highest BCUT2D eigenvalue weighted by Crippen LogP contribution is 2.40. The summed E-state index contributed by atoms with van der Waals surface area (Å²) in [6, 6.07) is 5.44. The largest absolute Gasteiger partial charge is 0.411 e. The van der Waals surface area contributed by atoms with E-state index in [1.807, 2.05) is 11.0 Å². The molecule has 5 nitrogen and oxygen atoms in total. The second-order valence-electron chi connectivity index (χ2n) is 4.05. The van der Waals surface area contributed by atoms with E-state index in [0.717, 1.165) is 17.2 Å². The molecule has 2 aliphatic rings. The van der Waals surface area contributed by atoms with Gasteiger partial charge in [0.25, 0.3) is 0 Å². The number of oxime groups is 1. The fourth-order valence-electron chi connectivity index (χ4n) is 2.31. The van der Waals surface area contributed by atoms with Crippen molar-refractivity contribution in [2.24, 2.45) is 5.16 Å². The van der Waals surface area contributed by atoms with Crippen molar-refractivity contribution in [2.45, 2.75) is 6.42 Å². The van der Waals surface area contributed by atoms with Gasteiger partial charge in [-0.05, 0) is 12.1 Å². The molecule has 0 aliphatic carbocycles. The minimum absolute atomic E-state index is 0.195. The molecule has 17 heavy (non-hydrogen) atoms. The van der Waals surface area contributed by atoms with Gasteiger partial charge in [-0.2, -0.15) is 0 Å². The van der Waals surface area contributed by atoms with E-state index in [1.54, 1.807) is 12.1 Å². The number of hydrogen-bond donors (Lipinski definition) is 2. The molecule has 2 N–H and O–H groups in total. The van der Waals surface area contributed by atoms with Gasteiger partial charge < -0.3 is 15.4 Å². The van der Waals surface area contributed by atoms with Crippen LogP contribution in [0.4, 0.5) is 11.4 Å². The molecule has 0 unspecified atom stereocenters. The van der Waals surface area contributed by atoms with Gasteiger partial charge >= 0.3 is 0 Å². The van der Waals surface area contributed by atoms with E-state index >= 15 is 0 Å². The Hall–Kier alpha value is -2.30. The van der Waals surface area contributed by atoms with Crippen molar-refractivity contribution < 1.29 is 10.0 Å². The molecule has 3 rings (SSSR count). The molecule has 0 atom stereocenters. The van der Waals surface area contributed by atoms with Crippen molar-refractivity contribution in [1.29, 1.82) is 0 Å². The molecule has 86 valence electrons. The highest BCUT2D eigenvalue weighted by molar-refractivity contribution is 6.47. The lowest BCUT2D eigenvalue weighted by atomic mass is 10.0. The van der Waals surface area contributed by atoms with Crippen LogP contribution in [0, 0.1) is 0 Å². The minimum Gasteiger partial charge on any atom is -0.411 e. The van der Waals surface area contributed by atoms with Crippen molar-refractivity contribution in [2.75, 3.05) is 16.8 Å². The van der Waals surface area contributed by atoms with E-state index in [9.17, 15) is 4.79 Å². The summed E-state index contributed by atoms with van der Waals surface area (Å²) in [4.78, 5) is 14.1. The maximum atomic E-state index is 12.1. The number of para-hydroxylation sites is 1. The van der Waals surface area contributed by atoms with Gasteiger partial charge in [-0.15, -0.1) is 0 Å². The molecular weight excluding hydrogens is 218 g/mol. The smallest absolute Gasteiger partial charge is 0.212 e. The van der Waals surface area contributed by atoms with Crippen LogP contribution in [0.2, 0.25) is 0 Å². The van der Waals surface area contributed by atoms with Gasteiger partial charge in [0.2, 0.25) is 5.78 Å². The molecule has 0 aromatic heterocycles. The van der Waals surface area contributed by atoms with Crippen LogP contribution in [0.15, 0.2) is 35.8 Å². The second-order valence-corrected chi connectivity index (χ2v) is 4.05. The van der Waals surface area contributed by atoms with Crippen molar-refractivity contribution in [3.8, 4) is 0 Å². The van der Waals surface area contributed by atoms with Gasteiger partial charge in [-0.3, -0.25) is 4.79 Å². The zero-order valence-corrected chi connectivity index (χ0v) is 9.10. The fraction of sp³-hybridized carbons (Fsp3) is 0.167. The number of ketones is 1. The third kappa shape index (κ3) is 1.25. The Balaban J connectivity index is 2.25. The number of carbonyl (C=O) groups excluding carboxylic acids is 1. The Kier molecular flexibility index (Phi) is 1.95. The zero-order chi connectivity index (χ0) is 12.0. The molecule has 0 radical (unpaired) electrons. The summed E-state index contributed by atoms with van der Waals surface area (Å²) in [5.74, 6) is 0.530.